The minimum absolute atomic E-state index is 0.235. The Morgan fingerprint density at radius 3 is 2.57 bits per heavy atom. The average Bonchev–Trinajstić information content (AvgIpc) is 3.04. The van der Waals surface area contributed by atoms with Crippen LogP contribution in [0.15, 0.2) is 35.5 Å². The summed E-state index contributed by atoms with van der Waals surface area (Å²) in [5, 5.41) is 7.18. The third-order valence-electron chi connectivity index (χ3n) is 4.13. The van der Waals surface area contributed by atoms with Crippen LogP contribution in [0.4, 0.5) is 5.00 Å². The van der Waals surface area contributed by atoms with Gasteiger partial charge in [0.05, 0.1) is 28.3 Å². The van der Waals surface area contributed by atoms with Crippen molar-refractivity contribution in [2.45, 2.75) is 33.1 Å². The highest BCUT2D eigenvalue weighted by Gasteiger charge is 2.30. The Balaban J connectivity index is 1.93. The number of ether oxygens (including phenoxy) is 1. The van der Waals surface area contributed by atoms with E-state index >= 15 is 0 Å². The van der Waals surface area contributed by atoms with E-state index in [1.165, 1.54) is 18.3 Å². The van der Waals surface area contributed by atoms with Crippen LogP contribution in [-0.2, 0) is 20.8 Å². The fraction of sp³-hybridized carbons (Fsp3) is 0.300. The standard InChI is InChI=1S/C20H20N2O5S/c1-3-26-20(25)16-14-10-7-11-15(17(14)28-18(16)21-12(2)23)22-27-19(24)13-8-5-4-6-9-13/h4-6,8-9H,3,7,10-11H2,1-2H3,(H,21,23)/b22-15-. The molecule has 1 aliphatic carbocycles. The number of rotatable bonds is 5. The molecule has 0 fully saturated rings. The summed E-state index contributed by atoms with van der Waals surface area (Å²) in [6, 6.07) is 8.59. The first-order chi connectivity index (χ1) is 13.5. The molecule has 28 heavy (non-hydrogen) atoms. The summed E-state index contributed by atoms with van der Waals surface area (Å²) in [5.41, 5.74) is 2.12. The first-order valence-electron chi connectivity index (χ1n) is 8.95. The maximum absolute atomic E-state index is 12.4. The van der Waals surface area contributed by atoms with Crippen LogP contribution >= 0.6 is 11.3 Å². The smallest absolute Gasteiger partial charge is 0.365 e. The van der Waals surface area contributed by atoms with Crippen molar-refractivity contribution in [3.8, 4) is 0 Å². The number of nitrogens with zero attached hydrogens (tertiary/aromatic N) is 1. The van der Waals surface area contributed by atoms with Gasteiger partial charge in [-0.05, 0) is 43.9 Å². The number of anilines is 1. The van der Waals surface area contributed by atoms with Gasteiger partial charge in [0, 0.05) is 6.92 Å². The van der Waals surface area contributed by atoms with Crippen LogP contribution in [0.3, 0.4) is 0 Å². The Hall–Kier alpha value is -3.00. The molecule has 0 radical (unpaired) electrons. The summed E-state index contributed by atoms with van der Waals surface area (Å²) in [5.74, 6) is -1.31. The summed E-state index contributed by atoms with van der Waals surface area (Å²) in [6.07, 6.45) is 2.01. The van der Waals surface area contributed by atoms with Gasteiger partial charge in [0.15, 0.2) is 0 Å². The van der Waals surface area contributed by atoms with E-state index in [1.54, 1.807) is 31.2 Å². The van der Waals surface area contributed by atoms with Gasteiger partial charge in [0.25, 0.3) is 0 Å². The van der Waals surface area contributed by atoms with E-state index in [0.29, 0.717) is 34.7 Å². The number of hydrogen-bond acceptors (Lipinski definition) is 7. The van der Waals surface area contributed by atoms with Crippen LogP contribution in [0.1, 0.15) is 57.8 Å². The lowest BCUT2D eigenvalue weighted by atomic mass is 9.94. The van der Waals surface area contributed by atoms with Crippen LogP contribution in [0.25, 0.3) is 0 Å². The van der Waals surface area contributed by atoms with Crippen LogP contribution in [0.2, 0.25) is 0 Å². The molecule has 0 spiro atoms. The maximum Gasteiger partial charge on any atom is 0.365 e. The van der Waals surface area contributed by atoms with E-state index in [1.807, 2.05) is 6.07 Å². The number of thiophene rings is 1. The Kier molecular flexibility index (Phi) is 6.20. The zero-order valence-corrected chi connectivity index (χ0v) is 16.4. The second-order valence-corrected chi connectivity index (χ2v) is 7.17. The monoisotopic (exact) mass is 400 g/mol. The third kappa shape index (κ3) is 4.28. The molecule has 1 heterocycles. The summed E-state index contributed by atoms with van der Waals surface area (Å²) in [6.45, 7) is 3.34. The van der Waals surface area contributed by atoms with Gasteiger partial charge in [-0.2, -0.15) is 0 Å². The summed E-state index contributed by atoms with van der Waals surface area (Å²) < 4.78 is 5.16. The van der Waals surface area contributed by atoms with Gasteiger partial charge in [-0.1, -0.05) is 23.4 Å². The fourth-order valence-electron chi connectivity index (χ4n) is 2.96. The summed E-state index contributed by atoms with van der Waals surface area (Å²) in [4.78, 5) is 42.0. The molecule has 1 amide bonds. The fourth-order valence-corrected chi connectivity index (χ4v) is 4.25. The van der Waals surface area contributed by atoms with Crippen molar-refractivity contribution in [2.75, 3.05) is 11.9 Å². The molecule has 8 heteroatoms. The van der Waals surface area contributed by atoms with E-state index < -0.39 is 11.9 Å². The largest absolute Gasteiger partial charge is 0.462 e. The zero-order chi connectivity index (χ0) is 20.1. The lowest BCUT2D eigenvalue weighted by molar-refractivity contribution is -0.114. The number of hydrogen-bond donors (Lipinski definition) is 1. The van der Waals surface area contributed by atoms with Crippen molar-refractivity contribution in [3.63, 3.8) is 0 Å². The van der Waals surface area contributed by atoms with E-state index in [2.05, 4.69) is 10.5 Å². The molecule has 0 saturated carbocycles. The molecule has 1 aromatic carbocycles. The predicted octanol–water partition coefficient (Wildman–Crippen LogP) is 3.78. The minimum Gasteiger partial charge on any atom is -0.462 e. The van der Waals surface area contributed by atoms with Crippen molar-refractivity contribution >= 4 is 39.9 Å². The first kappa shape index (κ1) is 19.8. The Labute approximate surface area is 166 Å². The van der Waals surface area contributed by atoms with Gasteiger partial charge in [0.1, 0.15) is 5.00 Å². The van der Waals surface area contributed by atoms with Gasteiger partial charge in [-0.25, -0.2) is 9.59 Å². The number of carbonyl (C=O) groups is 3. The lowest BCUT2D eigenvalue weighted by Crippen LogP contribution is -2.16. The highest BCUT2D eigenvalue weighted by molar-refractivity contribution is 7.19. The number of amides is 1. The van der Waals surface area contributed by atoms with Crippen molar-refractivity contribution in [3.05, 3.63) is 51.9 Å². The highest BCUT2D eigenvalue weighted by atomic mass is 32.1. The zero-order valence-electron chi connectivity index (χ0n) is 15.6. The Bertz CT molecular complexity index is 934. The number of esters is 1. The molecule has 1 aromatic heterocycles. The maximum atomic E-state index is 12.4. The molecule has 146 valence electrons. The number of nitrogens with one attached hydrogen (secondary N) is 1. The number of benzene rings is 1. The molecule has 0 saturated heterocycles. The van der Waals surface area contributed by atoms with Crippen LogP contribution in [0, 0.1) is 0 Å². The van der Waals surface area contributed by atoms with Gasteiger partial charge < -0.3 is 14.9 Å². The SMILES string of the molecule is CCOC(=O)c1c(NC(C)=O)sc2c1CCC/C2=N/OC(=O)c1ccccc1. The second-order valence-electron chi connectivity index (χ2n) is 6.15. The number of oxime groups is 1. The van der Waals surface area contributed by atoms with Crippen molar-refractivity contribution < 1.29 is 24.0 Å². The normalized spacial score (nSPS) is 14.3. The summed E-state index contributed by atoms with van der Waals surface area (Å²) >= 11 is 1.25. The van der Waals surface area contributed by atoms with Crippen LogP contribution in [-0.4, -0.2) is 30.2 Å². The van der Waals surface area contributed by atoms with Crippen LogP contribution < -0.4 is 5.32 Å². The lowest BCUT2D eigenvalue weighted by Gasteiger charge is -2.14. The van der Waals surface area contributed by atoms with Crippen LogP contribution in [0.5, 0.6) is 0 Å². The van der Waals surface area contributed by atoms with Crippen molar-refractivity contribution in [1.82, 2.24) is 0 Å². The Morgan fingerprint density at radius 1 is 1.14 bits per heavy atom. The third-order valence-corrected chi connectivity index (χ3v) is 5.32. The van der Waals surface area contributed by atoms with E-state index in [4.69, 9.17) is 9.57 Å². The summed E-state index contributed by atoms with van der Waals surface area (Å²) in [7, 11) is 0. The van der Waals surface area contributed by atoms with E-state index in [9.17, 15) is 14.4 Å². The van der Waals surface area contributed by atoms with Gasteiger partial charge in [-0.15, -0.1) is 11.3 Å². The number of fused-ring (bicyclic) bond motifs is 1. The topological polar surface area (TPSA) is 94.1 Å². The molecule has 0 unspecified atom stereocenters. The molecule has 3 rings (SSSR count). The van der Waals surface area contributed by atoms with Gasteiger partial charge >= 0.3 is 11.9 Å². The molecular formula is C20H20N2O5S. The molecule has 7 nitrogen and oxygen atoms in total. The molecule has 0 aliphatic heterocycles. The molecule has 0 bridgehead atoms. The predicted molar refractivity (Wildman–Crippen MR) is 106 cm³/mol. The quantitative estimate of drug-likeness (QED) is 0.468. The second kappa shape index (κ2) is 8.79. The van der Waals surface area contributed by atoms with Gasteiger partial charge in [0.2, 0.25) is 5.91 Å². The first-order valence-corrected chi connectivity index (χ1v) is 9.77. The van der Waals surface area contributed by atoms with Crippen molar-refractivity contribution in [1.29, 1.82) is 0 Å². The average molecular weight is 400 g/mol. The molecule has 0 atom stereocenters. The Morgan fingerprint density at radius 2 is 1.89 bits per heavy atom. The minimum atomic E-state index is -0.551. The van der Waals surface area contributed by atoms with E-state index in [-0.39, 0.29) is 12.5 Å². The van der Waals surface area contributed by atoms with Crippen molar-refractivity contribution in [2.24, 2.45) is 5.16 Å². The molecule has 1 N–H and O–H groups in total. The number of carbonyl (C=O) groups excluding carboxylic acids is 3. The highest BCUT2D eigenvalue weighted by Crippen LogP contribution is 2.39. The molecule has 2 aromatic rings. The molecular weight excluding hydrogens is 380 g/mol. The molecule has 1 aliphatic rings. The van der Waals surface area contributed by atoms with E-state index in [0.717, 1.165) is 16.9 Å². The van der Waals surface area contributed by atoms with Gasteiger partial charge in [-0.3, -0.25) is 4.79 Å².